The molecule has 1 aromatic heterocycles. The highest BCUT2D eigenvalue weighted by Gasteiger charge is 2.18. The van der Waals surface area contributed by atoms with E-state index in [1.54, 1.807) is 0 Å². The van der Waals surface area contributed by atoms with Crippen molar-refractivity contribution in [2.24, 2.45) is 0 Å². The van der Waals surface area contributed by atoms with Crippen LogP contribution in [0.3, 0.4) is 0 Å². The number of aryl methyl sites for hydroxylation is 1. The number of H-pyrrole nitrogens is 1. The van der Waals surface area contributed by atoms with Gasteiger partial charge in [0.25, 0.3) is 0 Å². The molecular formula is C14H13N3O3. The van der Waals surface area contributed by atoms with Crippen LogP contribution in [0.4, 0.5) is 5.69 Å². The summed E-state index contributed by atoms with van der Waals surface area (Å²) in [7, 11) is 0. The summed E-state index contributed by atoms with van der Waals surface area (Å²) in [5.41, 5.74) is 4.27. The van der Waals surface area contributed by atoms with Gasteiger partial charge >= 0.3 is 5.97 Å². The number of aromatic amines is 1. The third kappa shape index (κ3) is 2.40. The fourth-order valence-corrected chi connectivity index (χ4v) is 2.27. The Morgan fingerprint density at radius 1 is 1.35 bits per heavy atom. The fourth-order valence-electron chi connectivity index (χ4n) is 2.27. The van der Waals surface area contributed by atoms with Crippen LogP contribution in [0.2, 0.25) is 0 Å². The molecule has 0 unspecified atom stereocenters. The summed E-state index contributed by atoms with van der Waals surface area (Å²) in [5, 5.41) is 18.5. The largest absolute Gasteiger partial charge is 0.481 e. The zero-order chi connectivity index (χ0) is 14.1. The van der Waals surface area contributed by atoms with Gasteiger partial charge in [0.2, 0.25) is 5.91 Å². The Morgan fingerprint density at radius 2 is 2.20 bits per heavy atom. The third-order valence-electron chi connectivity index (χ3n) is 3.27. The van der Waals surface area contributed by atoms with E-state index in [4.69, 9.17) is 5.11 Å². The standard InChI is InChI=1S/C14H13N3O3/c18-13-6-9-5-8(1-3-11(9)15-13)12-7-10(16-17-12)2-4-14(19)20/h1,3,5,7H,2,4,6H2,(H,15,18)(H,16,17)(H,19,20). The number of anilines is 1. The minimum absolute atomic E-state index is 0.00123. The van der Waals surface area contributed by atoms with Crippen molar-refractivity contribution in [2.75, 3.05) is 5.32 Å². The molecule has 6 nitrogen and oxygen atoms in total. The number of aromatic nitrogens is 2. The maximum absolute atomic E-state index is 11.3. The number of carbonyl (C=O) groups excluding carboxylic acids is 1. The van der Waals surface area contributed by atoms with Crippen molar-refractivity contribution in [3.05, 3.63) is 35.5 Å². The molecule has 1 amide bonds. The van der Waals surface area contributed by atoms with Crippen molar-refractivity contribution < 1.29 is 14.7 Å². The number of hydrogen-bond acceptors (Lipinski definition) is 3. The maximum atomic E-state index is 11.3. The Hall–Kier alpha value is -2.63. The monoisotopic (exact) mass is 271 g/mol. The molecule has 0 bridgehead atoms. The van der Waals surface area contributed by atoms with Crippen molar-refractivity contribution in [3.8, 4) is 11.3 Å². The van der Waals surface area contributed by atoms with Crippen molar-refractivity contribution in [1.82, 2.24) is 10.2 Å². The van der Waals surface area contributed by atoms with Gasteiger partial charge in [-0.2, -0.15) is 5.10 Å². The summed E-state index contributed by atoms with van der Waals surface area (Å²) in [5.74, 6) is -0.829. The number of amides is 1. The van der Waals surface area contributed by atoms with Crippen molar-refractivity contribution in [1.29, 1.82) is 0 Å². The van der Waals surface area contributed by atoms with Crippen LogP contribution in [0.25, 0.3) is 11.3 Å². The van der Waals surface area contributed by atoms with E-state index in [9.17, 15) is 9.59 Å². The van der Waals surface area contributed by atoms with Gasteiger partial charge in [-0.25, -0.2) is 0 Å². The van der Waals surface area contributed by atoms with Crippen LogP contribution in [0.1, 0.15) is 17.7 Å². The topological polar surface area (TPSA) is 95.1 Å². The predicted molar refractivity (Wildman–Crippen MR) is 72.3 cm³/mol. The highest BCUT2D eigenvalue weighted by atomic mass is 16.4. The van der Waals surface area contributed by atoms with Crippen LogP contribution >= 0.6 is 0 Å². The highest BCUT2D eigenvalue weighted by molar-refractivity contribution is 5.99. The Labute approximate surface area is 114 Å². The zero-order valence-corrected chi connectivity index (χ0v) is 10.6. The van der Waals surface area contributed by atoms with E-state index >= 15 is 0 Å². The lowest BCUT2D eigenvalue weighted by molar-refractivity contribution is -0.137. The maximum Gasteiger partial charge on any atom is 0.303 e. The smallest absolute Gasteiger partial charge is 0.303 e. The number of nitrogens with one attached hydrogen (secondary N) is 2. The first-order valence-corrected chi connectivity index (χ1v) is 6.31. The first-order valence-electron chi connectivity index (χ1n) is 6.31. The van der Waals surface area contributed by atoms with Gasteiger partial charge in [0, 0.05) is 16.9 Å². The number of benzene rings is 1. The van der Waals surface area contributed by atoms with E-state index in [0.717, 1.165) is 28.2 Å². The molecule has 102 valence electrons. The average Bonchev–Trinajstić information content (AvgIpc) is 3.00. The van der Waals surface area contributed by atoms with Crippen molar-refractivity contribution in [2.45, 2.75) is 19.3 Å². The fraction of sp³-hybridized carbons (Fsp3) is 0.214. The lowest BCUT2D eigenvalue weighted by Gasteiger charge is -2.00. The van der Waals surface area contributed by atoms with Crippen LogP contribution in [0, 0.1) is 0 Å². The van der Waals surface area contributed by atoms with E-state index in [0.29, 0.717) is 12.8 Å². The van der Waals surface area contributed by atoms with Gasteiger partial charge in [0.05, 0.1) is 18.5 Å². The SMILES string of the molecule is O=C(O)CCc1cc(-c2ccc3c(c2)CC(=O)N3)n[nH]1. The average molecular weight is 271 g/mol. The molecule has 0 aliphatic carbocycles. The molecule has 3 N–H and O–H groups in total. The second kappa shape index (κ2) is 4.80. The lowest BCUT2D eigenvalue weighted by Crippen LogP contribution is -2.03. The molecule has 0 atom stereocenters. The lowest BCUT2D eigenvalue weighted by atomic mass is 10.1. The van der Waals surface area contributed by atoms with Gasteiger partial charge < -0.3 is 10.4 Å². The summed E-state index contributed by atoms with van der Waals surface area (Å²) in [6.45, 7) is 0. The molecule has 1 aromatic carbocycles. The molecule has 2 heterocycles. The Bertz CT molecular complexity index is 691. The predicted octanol–water partition coefficient (Wildman–Crippen LogP) is 1.59. The molecule has 20 heavy (non-hydrogen) atoms. The molecule has 6 heteroatoms. The van der Waals surface area contributed by atoms with Gasteiger partial charge in [-0.1, -0.05) is 6.07 Å². The normalized spacial score (nSPS) is 13.1. The Morgan fingerprint density at radius 3 is 3.00 bits per heavy atom. The van der Waals surface area contributed by atoms with Crippen LogP contribution in [0.15, 0.2) is 24.3 Å². The molecule has 1 aliphatic heterocycles. The van der Waals surface area contributed by atoms with Crippen molar-refractivity contribution >= 4 is 17.6 Å². The zero-order valence-electron chi connectivity index (χ0n) is 10.6. The van der Waals surface area contributed by atoms with E-state index in [1.165, 1.54) is 0 Å². The van der Waals surface area contributed by atoms with E-state index in [-0.39, 0.29) is 12.3 Å². The highest BCUT2D eigenvalue weighted by Crippen LogP contribution is 2.28. The molecule has 1 aliphatic rings. The molecule has 0 saturated heterocycles. The summed E-state index contributed by atoms with van der Waals surface area (Å²) in [6.07, 6.45) is 0.886. The van der Waals surface area contributed by atoms with Gasteiger partial charge in [-0.3, -0.25) is 14.7 Å². The molecule has 3 rings (SSSR count). The number of carboxylic acid groups (broad SMARTS) is 1. The van der Waals surface area contributed by atoms with Gasteiger partial charge in [-0.05, 0) is 30.2 Å². The van der Waals surface area contributed by atoms with Gasteiger partial charge in [0.1, 0.15) is 0 Å². The molecule has 0 radical (unpaired) electrons. The summed E-state index contributed by atoms with van der Waals surface area (Å²) < 4.78 is 0. The molecular weight excluding hydrogens is 258 g/mol. The number of carboxylic acids is 1. The van der Waals surface area contributed by atoms with E-state index in [1.807, 2.05) is 24.3 Å². The van der Waals surface area contributed by atoms with Crippen LogP contribution in [-0.2, 0) is 22.4 Å². The Kier molecular flexibility index (Phi) is 2.98. The van der Waals surface area contributed by atoms with Crippen LogP contribution < -0.4 is 5.32 Å². The number of aliphatic carboxylic acids is 1. The minimum atomic E-state index is -0.830. The number of fused-ring (bicyclic) bond motifs is 1. The number of hydrogen-bond donors (Lipinski definition) is 3. The number of rotatable bonds is 4. The van der Waals surface area contributed by atoms with Gasteiger partial charge in [-0.15, -0.1) is 0 Å². The summed E-state index contributed by atoms with van der Waals surface area (Å²) in [4.78, 5) is 21.8. The second-order valence-electron chi connectivity index (χ2n) is 4.77. The summed E-state index contributed by atoms with van der Waals surface area (Å²) in [6, 6.07) is 7.53. The molecule has 2 aromatic rings. The quantitative estimate of drug-likeness (QED) is 0.787. The third-order valence-corrected chi connectivity index (χ3v) is 3.27. The van der Waals surface area contributed by atoms with Crippen LogP contribution in [0.5, 0.6) is 0 Å². The van der Waals surface area contributed by atoms with Crippen molar-refractivity contribution in [3.63, 3.8) is 0 Å². The number of carbonyl (C=O) groups is 2. The van der Waals surface area contributed by atoms with E-state index < -0.39 is 5.97 Å². The Balaban J connectivity index is 1.81. The van der Waals surface area contributed by atoms with Gasteiger partial charge in [0.15, 0.2) is 0 Å². The first-order chi connectivity index (χ1) is 9.61. The molecule has 0 spiro atoms. The molecule has 0 saturated carbocycles. The number of nitrogens with zero attached hydrogens (tertiary/aromatic N) is 1. The van der Waals surface area contributed by atoms with Crippen LogP contribution in [-0.4, -0.2) is 27.2 Å². The molecule has 0 fully saturated rings. The minimum Gasteiger partial charge on any atom is -0.481 e. The summed E-state index contributed by atoms with van der Waals surface area (Å²) >= 11 is 0. The first kappa shape index (κ1) is 12.4. The second-order valence-corrected chi connectivity index (χ2v) is 4.77. The van der Waals surface area contributed by atoms with E-state index in [2.05, 4.69) is 15.5 Å².